The maximum absolute atomic E-state index is 12.0. The number of carbonyl (C=O) groups excluding carboxylic acids is 3. The first-order valence-electron chi connectivity index (χ1n) is 7.51. The fraction of sp³-hybridized carbons (Fsp3) is 0.438. The number of amides is 3. The fourth-order valence-electron chi connectivity index (χ4n) is 1.87. The van der Waals surface area contributed by atoms with Crippen molar-refractivity contribution >= 4 is 17.9 Å². The van der Waals surface area contributed by atoms with Gasteiger partial charge in [0, 0.05) is 31.6 Å². The van der Waals surface area contributed by atoms with Gasteiger partial charge in [0.1, 0.15) is 0 Å². The van der Waals surface area contributed by atoms with Gasteiger partial charge in [0.25, 0.3) is 0 Å². The zero-order valence-electron chi connectivity index (χ0n) is 13.5. The second kappa shape index (κ2) is 9.58. The molecule has 0 spiro atoms. The summed E-state index contributed by atoms with van der Waals surface area (Å²) in [5.74, 6) is -0.0770. The number of urea groups is 1. The van der Waals surface area contributed by atoms with Crippen molar-refractivity contribution in [2.75, 3.05) is 26.2 Å². The van der Waals surface area contributed by atoms with Crippen LogP contribution in [0.3, 0.4) is 0 Å². The zero-order valence-corrected chi connectivity index (χ0v) is 13.5. The lowest BCUT2D eigenvalue weighted by molar-refractivity contribution is 0.0982. The molecule has 126 valence electrons. The highest BCUT2D eigenvalue weighted by atomic mass is 16.6. The molecule has 0 aromatic heterocycles. The van der Waals surface area contributed by atoms with Gasteiger partial charge in [-0.15, -0.1) is 0 Å². The third kappa shape index (κ3) is 6.07. The number of nitrogens with two attached hydrogens (primary N) is 1. The molecular weight excluding hydrogens is 298 g/mol. The van der Waals surface area contributed by atoms with Gasteiger partial charge in [0.05, 0.1) is 6.61 Å². The van der Waals surface area contributed by atoms with Crippen molar-refractivity contribution < 1.29 is 19.1 Å². The van der Waals surface area contributed by atoms with Gasteiger partial charge in [-0.05, 0) is 13.8 Å². The highest BCUT2D eigenvalue weighted by molar-refractivity contribution is 5.96. The van der Waals surface area contributed by atoms with Crippen LogP contribution in [-0.4, -0.2) is 49.0 Å². The third-order valence-corrected chi connectivity index (χ3v) is 3.09. The van der Waals surface area contributed by atoms with E-state index in [0.717, 1.165) is 10.5 Å². The van der Waals surface area contributed by atoms with Crippen LogP contribution < -0.4 is 11.1 Å². The smallest absolute Gasteiger partial charge is 0.418 e. The Morgan fingerprint density at radius 2 is 1.87 bits per heavy atom. The second-order valence-corrected chi connectivity index (χ2v) is 4.91. The monoisotopic (exact) mass is 321 g/mol. The molecule has 7 heteroatoms. The van der Waals surface area contributed by atoms with Crippen LogP contribution >= 0.6 is 0 Å². The van der Waals surface area contributed by atoms with Crippen molar-refractivity contribution in [1.29, 1.82) is 0 Å². The maximum Gasteiger partial charge on any atom is 0.418 e. The van der Waals surface area contributed by atoms with Gasteiger partial charge in [0.2, 0.25) is 0 Å². The molecule has 0 aliphatic carbocycles. The minimum absolute atomic E-state index is 0.0522. The fourth-order valence-corrected chi connectivity index (χ4v) is 1.87. The summed E-state index contributed by atoms with van der Waals surface area (Å²) in [6.45, 7) is 4.07. The van der Waals surface area contributed by atoms with E-state index in [9.17, 15) is 14.4 Å². The first-order valence-corrected chi connectivity index (χ1v) is 7.51. The summed E-state index contributed by atoms with van der Waals surface area (Å²) in [5, 5.41) is 2.53. The molecule has 0 unspecified atom stereocenters. The molecule has 1 aromatic rings. The summed E-state index contributed by atoms with van der Waals surface area (Å²) in [7, 11) is 0. The first kappa shape index (κ1) is 18.6. The van der Waals surface area contributed by atoms with Crippen molar-refractivity contribution in [2.24, 2.45) is 5.73 Å². The van der Waals surface area contributed by atoms with Crippen LogP contribution in [0, 0.1) is 6.92 Å². The molecule has 0 aliphatic heterocycles. The summed E-state index contributed by atoms with van der Waals surface area (Å²) in [5.41, 5.74) is 7.05. The number of carbonyl (C=O) groups is 3. The van der Waals surface area contributed by atoms with Crippen LogP contribution in [0.25, 0.3) is 0 Å². The predicted octanol–water partition coefficient (Wildman–Crippen LogP) is 1.69. The molecule has 0 bridgehead atoms. The van der Waals surface area contributed by atoms with Crippen molar-refractivity contribution in [1.82, 2.24) is 10.2 Å². The highest BCUT2D eigenvalue weighted by Gasteiger charge is 2.21. The topological polar surface area (TPSA) is 102 Å². The Labute approximate surface area is 135 Å². The summed E-state index contributed by atoms with van der Waals surface area (Å²) in [4.78, 5) is 36.5. The van der Waals surface area contributed by atoms with E-state index in [4.69, 9.17) is 10.5 Å². The van der Waals surface area contributed by atoms with Gasteiger partial charge in [0.15, 0.2) is 5.78 Å². The van der Waals surface area contributed by atoms with E-state index in [1.54, 1.807) is 19.1 Å². The van der Waals surface area contributed by atoms with Crippen molar-refractivity contribution in [2.45, 2.75) is 20.3 Å². The number of hydrogen-bond acceptors (Lipinski definition) is 5. The number of nitrogens with one attached hydrogen (secondary N) is 1. The van der Waals surface area contributed by atoms with Crippen LogP contribution in [0.1, 0.15) is 29.3 Å². The van der Waals surface area contributed by atoms with E-state index in [-0.39, 0.29) is 38.4 Å². The molecule has 23 heavy (non-hydrogen) atoms. The number of Topliss-reactive ketones (excluding diaryl/α,β-unsaturated/α-hetero) is 1. The number of hydrogen-bond donors (Lipinski definition) is 2. The highest BCUT2D eigenvalue weighted by Crippen LogP contribution is 2.05. The van der Waals surface area contributed by atoms with Gasteiger partial charge in [-0.3, -0.25) is 4.79 Å². The normalized spacial score (nSPS) is 10.0. The molecule has 0 radical (unpaired) electrons. The Morgan fingerprint density at radius 1 is 1.22 bits per heavy atom. The Hall–Kier alpha value is -2.41. The summed E-state index contributed by atoms with van der Waals surface area (Å²) < 4.78 is 4.79. The molecule has 0 aliphatic rings. The third-order valence-electron chi connectivity index (χ3n) is 3.09. The summed E-state index contributed by atoms with van der Waals surface area (Å²) in [6, 6.07) is 6.59. The SMILES string of the molecule is CCOC(=O)N(CCN)C(=O)NCCC(=O)c1ccc(C)cc1. The lowest BCUT2D eigenvalue weighted by Crippen LogP contribution is -2.46. The molecule has 7 nitrogen and oxygen atoms in total. The number of rotatable bonds is 7. The molecule has 0 fully saturated rings. The first-order chi connectivity index (χ1) is 11.0. The number of aryl methyl sites for hydroxylation is 1. The van der Waals surface area contributed by atoms with Crippen LogP contribution in [-0.2, 0) is 4.74 Å². The van der Waals surface area contributed by atoms with Gasteiger partial charge in [-0.2, -0.15) is 0 Å². The molecule has 0 saturated heterocycles. The average Bonchev–Trinajstić information content (AvgIpc) is 2.53. The molecule has 1 rings (SSSR count). The largest absolute Gasteiger partial charge is 0.449 e. The summed E-state index contributed by atoms with van der Waals surface area (Å²) in [6.07, 6.45) is -0.603. The summed E-state index contributed by atoms with van der Waals surface area (Å²) >= 11 is 0. The van der Waals surface area contributed by atoms with E-state index >= 15 is 0 Å². The Bertz CT molecular complexity index is 543. The Morgan fingerprint density at radius 3 is 2.43 bits per heavy atom. The zero-order chi connectivity index (χ0) is 17.2. The average molecular weight is 321 g/mol. The minimum Gasteiger partial charge on any atom is -0.449 e. The Balaban J connectivity index is 2.48. The molecule has 0 heterocycles. The van der Waals surface area contributed by atoms with E-state index in [0.29, 0.717) is 5.56 Å². The molecule has 3 N–H and O–H groups in total. The quantitative estimate of drug-likeness (QED) is 0.744. The second-order valence-electron chi connectivity index (χ2n) is 4.91. The van der Waals surface area contributed by atoms with E-state index < -0.39 is 12.1 Å². The Kier molecular flexibility index (Phi) is 7.76. The standard InChI is InChI=1S/C16H23N3O4/c1-3-23-16(22)19(11-9-17)15(21)18-10-8-14(20)13-6-4-12(2)5-7-13/h4-7H,3,8-11,17H2,1-2H3,(H,18,21). The lowest BCUT2D eigenvalue weighted by atomic mass is 10.1. The molecular formula is C16H23N3O4. The number of ether oxygens (including phenoxy) is 1. The van der Waals surface area contributed by atoms with Crippen molar-refractivity contribution in [3.8, 4) is 0 Å². The van der Waals surface area contributed by atoms with Gasteiger partial charge >= 0.3 is 12.1 Å². The van der Waals surface area contributed by atoms with Crippen LogP contribution in [0.2, 0.25) is 0 Å². The van der Waals surface area contributed by atoms with Gasteiger partial charge in [-0.1, -0.05) is 29.8 Å². The van der Waals surface area contributed by atoms with Crippen molar-refractivity contribution in [3.63, 3.8) is 0 Å². The predicted molar refractivity (Wildman–Crippen MR) is 86.3 cm³/mol. The van der Waals surface area contributed by atoms with Crippen molar-refractivity contribution in [3.05, 3.63) is 35.4 Å². The van der Waals surface area contributed by atoms with Gasteiger partial charge < -0.3 is 15.8 Å². The van der Waals surface area contributed by atoms with E-state index in [2.05, 4.69) is 5.32 Å². The van der Waals surface area contributed by atoms with E-state index in [1.165, 1.54) is 0 Å². The molecule has 3 amide bonds. The molecule has 0 atom stereocenters. The number of imide groups is 1. The van der Waals surface area contributed by atoms with Crippen LogP contribution in [0.4, 0.5) is 9.59 Å². The maximum atomic E-state index is 12.0. The number of benzene rings is 1. The number of nitrogens with zero attached hydrogens (tertiary/aromatic N) is 1. The molecule has 1 aromatic carbocycles. The van der Waals surface area contributed by atoms with Crippen LogP contribution in [0.15, 0.2) is 24.3 Å². The minimum atomic E-state index is -0.750. The van der Waals surface area contributed by atoms with Crippen LogP contribution in [0.5, 0.6) is 0 Å². The lowest BCUT2D eigenvalue weighted by Gasteiger charge is -2.19. The molecule has 0 saturated carbocycles. The van der Waals surface area contributed by atoms with E-state index in [1.807, 2.05) is 19.1 Å². The van der Waals surface area contributed by atoms with Gasteiger partial charge in [-0.25, -0.2) is 14.5 Å². The number of ketones is 1.